The van der Waals surface area contributed by atoms with Gasteiger partial charge in [0.05, 0.1) is 55.1 Å². The first kappa shape index (κ1) is 34.4. The van der Waals surface area contributed by atoms with Crippen LogP contribution >= 0.6 is 0 Å². The van der Waals surface area contributed by atoms with Crippen LogP contribution in [-0.2, 0) is 0 Å². The van der Waals surface area contributed by atoms with Crippen molar-refractivity contribution in [1.29, 1.82) is 0 Å². The summed E-state index contributed by atoms with van der Waals surface area (Å²) in [4.78, 5) is 75.8. The molecule has 1 aliphatic rings. The van der Waals surface area contributed by atoms with E-state index in [1.807, 2.05) is 0 Å². The smallest absolute Gasteiger partial charge is 0.270 e. The predicted molar refractivity (Wildman–Crippen MR) is 201 cm³/mol. The molecule has 0 unspecified atom stereocenters. The van der Waals surface area contributed by atoms with Gasteiger partial charge in [-0.3, -0.25) is 39.4 Å². The van der Waals surface area contributed by atoms with E-state index in [1.54, 1.807) is 84.9 Å². The van der Waals surface area contributed by atoms with Crippen LogP contribution in [0.25, 0.3) is 0 Å². The molecule has 1 aliphatic carbocycles. The minimum absolute atomic E-state index is 0.0744. The van der Waals surface area contributed by atoms with Crippen LogP contribution in [0.2, 0.25) is 0 Å². The molecule has 6 aromatic carbocycles. The fourth-order valence-electron chi connectivity index (χ4n) is 6.05. The van der Waals surface area contributed by atoms with Crippen LogP contribution in [0.4, 0.5) is 45.5 Å². The Morgan fingerprint density at radius 3 is 1.19 bits per heavy atom. The number of ketones is 2. The summed E-state index contributed by atoms with van der Waals surface area (Å²) in [6.07, 6.45) is 0. The third-order valence-electron chi connectivity index (χ3n) is 8.60. The second-order valence-electron chi connectivity index (χ2n) is 12.0. The van der Waals surface area contributed by atoms with Gasteiger partial charge in [-0.25, -0.2) is 0 Å². The zero-order valence-electron chi connectivity index (χ0n) is 27.9. The van der Waals surface area contributed by atoms with Crippen molar-refractivity contribution in [3.63, 3.8) is 0 Å². The van der Waals surface area contributed by atoms with Crippen LogP contribution in [0.15, 0.2) is 133 Å². The second kappa shape index (κ2) is 14.3. The first-order valence-corrected chi connectivity index (χ1v) is 16.3. The number of amides is 2. The largest absolute Gasteiger partial charge is 0.353 e. The Morgan fingerprint density at radius 1 is 0.444 bits per heavy atom. The van der Waals surface area contributed by atoms with Crippen LogP contribution in [0.1, 0.15) is 52.6 Å². The Kier molecular flexibility index (Phi) is 9.14. The number of nitro benzene ring substituents is 2. The zero-order valence-corrected chi connectivity index (χ0v) is 27.9. The third-order valence-corrected chi connectivity index (χ3v) is 8.60. The number of rotatable bonds is 10. The molecule has 54 heavy (non-hydrogen) atoms. The number of anilines is 6. The number of nitrogens with zero attached hydrogens (tertiary/aromatic N) is 2. The Morgan fingerprint density at radius 2 is 0.796 bits per heavy atom. The molecule has 4 N–H and O–H groups in total. The molecule has 0 saturated heterocycles. The number of para-hydroxylation sites is 4. The van der Waals surface area contributed by atoms with Crippen molar-refractivity contribution < 1.29 is 29.0 Å². The number of hydrogen-bond donors (Lipinski definition) is 4. The van der Waals surface area contributed by atoms with Crippen LogP contribution in [-0.4, -0.2) is 33.2 Å². The molecule has 14 nitrogen and oxygen atoms in total. The highest BCUT2D eigenvalue weighted by Crippen LogP contribution is 2.39. The Hall–Kier alpha value is -8.00. The lowest BCUT2D eigenvalue weighted by atomic mass is 9.82. The van der Waals surface area contributed by atoms with E-state index in [-0.39, 0.29) is 44.8 Å². The summed E-state index contributed by atoms with van der Waals surface area (Å²) < 4.78 is 0. The Bertz CT molecular complexity index is 2390. The molecule has 0 radical (unpaired) electrons. The molecule has 0 spiro atoms. The maximum Gasteiger partial charge on any atom is 0.270 e. The fraction of sp³-hybridized carbons (Fsp3) is 0. The number of nitrogens with one attached hydrogen (secondary N) is 4. The van der Waals surface area contributed by atoms with Gasteiger partial charge >= 0.3 is 0 Å². The first-order chi connectivity index (χ1) is 26.1. The molecule has 0 aliphatic heterocycles. The monoisotopic (exact) mass is 718 g/mol. The highest BCUT2D eigenvalue weighted by atomic mass is 16.6. The number of fused-ring (bicyclic) bond motifs is 2. The number of carbonyl (C=O) groups is 4. The molecule has 0 atom stereocenters. The van der Waals surface area contributed by atoms with Crippen LogP contribution < -0.4 is 21.3 Å². The predicted octanol–water partition coefficient (Wildman–Crippen LogP) is 8.27. The van der Waals surface area contributed by atoms with E-state index in [0.717, 1.165) is 0 Å². The van der Waals surface area contributed by atoms with Crippen molar-refractivity contribution in [2.45, 2.75) is 0 Å². The van der Waals surface area contributed by atoms with Crippen molar-refractivity contribution in [3.05, 3.63) is 187 Å². The maximum atomic E-state index is 14.2. The van der Waals surface area contributed by atoms with Gasteiger partial charge in [0.15, 0.2) is 11.6 Å². The Labute approximate surface area is 305 Å². The van der Waals surface area contributed by atoms with E-state index < -0.39 is 33.2 Å². The van der Waals surface area contributed by atoms with Gasteiger partial charge in [0.25, 0.3) is 23.2 Å². The highest BCUT2D eigenvalue weighted by Gasteiger charge is 2.34. The quantitative estimate of drug-likeness (QED) is 0.0787. The number of benzene rings is 6. The molecule has 264 valence electrons. The molecule has 6 aromatic rings. The van der Waals surface area contributed by atoms with E-state index in [0.29, 0.717) is 34.1 Å². The molecular formula is C40H26N6O8. The van der Waals surface area contributed by atoms with E-state index in [1.165, 1.54) is 48.5 Å². The summed E-state index contributed by atoms with van der Waals surface area (Å²) in [7, 11) is 0. The highest BCUT2D eigenvalue weighted by molar-refractivity contribution is 6.32. The second-order valence-corrected chi connectivity index (χ2v) is 12.0. The number of carbonyl (C=O) groups excluding carboxylic acids is 4. The van der Waals surface area contributed by atoms with Crippen molar-refractivity contribution in [2.75, 3.05) is 21.3 Å². The summed E-state index contributed by atoms with van der Waals surface area (Å²) in [5, 5.41) is 34.3. The maximum absolute atomic E-state index is 14.2. The summed E-state index contributed by atoms with van der Waals surface area (Å²) in [5.41, 5.74) is 2.25. The van der Waals surface area contributed by atoms with Crippen LogP contribution in [0, 0.1) is 20.2 Å². The first-order valence-electron chi connectivity index (χ1n) is 16.3. The van der Waals surface area contributed by atoms with Gasteiger partial charge in [-0.1, -0.05) is 60.7 Å². The molecule has 0 saturated carbocycles. The van der Waals surface area contributed by atoms with E-state index in [9.17, 15) is 39.4 Å². The van der Waals surface area contributed by atoms with Gasteiger partial charge in [0.1, 0.15) is 0 Å². The van der Waals surface area contributed by atoms with Crippen LogP contribution in [0.3, 0.4) is 0 Å². The number of hydrogen-bond acceptors (Lipinski definition) is 10. The minimum Gasteiger partial charge on any atom is -0.353 e. The topological polar surface area (TPSA) is 203 Å². The van der Waals surface area contributed by atoms with Crippen molar-refractivity contribution in [2.24, 2.45) is 0 Å². The molecule has 14 heteroatoms. The molecule has 0 aromatic heterocycles. The van der Waals surface area contributed by atoms with Gasteiger partial charge in [-0.2, -0.15) is 0 Å². The van der Waals surface area contributed by atoms with Crippen molar-refractivity contribution in [1.82, 2.24) is 0 Å². The van der Waals surface area contributed by atoms with Crippen molar-refractivity contribution in [3.8, 4) is 0 Å². The van der Waals surface area contributed by atoms with E-state index in [4.69, 9.17) is 0 Å². The summed E-state index contributed by atoms with van der Waals surface area (Å²) in [5.74, 6) is -2.05. The van der Waals surface area contributed by atoms with Gasteiger partial charge in [0.2, 0.25) is 0 Å². The molecule has 7 rings (SSSR count). The average Bonchev–Trinajstić information content (AvgIpc) is 3.18. The fourth-order valence-corrected chi connectivity index (χ4v) is 6.05. The summed E-state index contributed by atoms with van der Waals surface area (Å²) in [6, 6.07) is 33.6. The van der Waals surface area contributed by atoms with Gasteiger partial charge in [0, 0.05) is 46.5 Å². The van der Waals surface area contributed by atoms with Gasteiger partial charge < -0.3 is 21.3 Å². The van der Waals surface area contributed by atoms with Crippen LogP contribution in [0.5, 0.6) is 0 Å². The molecule has 0 bridgehead atoms. The van der Waals surface area contributed by atoms with Crippen molar-refractivity contribution >= 4 is 68.9 Å². The van der Waals surface area contributed by atoms with Gasteiger partial charge in [-0.05, 0) is 48.5 Å². The standard InChI is InChI=1S/C40H26N6O8/c47-37-28-14-8-20-34(42-30-16-2-4-18-32(30)44-40(50)24-10-6-12-26(22-24)46(53)54)36(28)38(48)27-13-7-19-33(35(27)37)41-29-15-1-3-17-31(29)43-39(49)23-9-5-11-25(21-23)45(51)52/h1-22,41-42H,(H,43,49)(H,44,50). The molecule has 0 fully saturated rings. The minimum atomic E-state index is -0.593. The molecule has 0 heterocycles. The average molecular weight is 719 g/mol. The lowest BCUT2D eigenvalue weighted by molar-refractivity contribution is -0.385. The van der Waals surface area contributed by atoms with E-state index in [2.05, 4.69) is 21.3 Å². The lowest BCUT2D eigenvalue weighted by Crippen LogP contribution is -2.23. The zero-order chi connectivity index (χ0) is 37.9. The normalized spacial score (nSPS) is 11.5. The SMILES string of the molecule is O=C(Nc1ccccc1Nc1cccc2c1C(=O)c1cccc(Nc3ccccc3NC(=O)c3cccc([N+](=O)[O-])c3)c1C2=O)c1cccc([N+](=O)[O-])c1. The summed E-state index contributed by atoms with van der Waals surface area (Å²) in [6.45, 7) is 0. The number of nitro groups is 2. The number of non-ortho nitro benzene ring substituents is 2. The Balaban J connectivity index is 1.16. The molecule has 2 amide bonds. The molecular weight excluding hydrogens is 692 g/mol. The van der Waals surface area contributed by atoms with E-state index >= 15 is 0 Å². The third kappa shape index (κ3) is 6.72. The summed E-state index contributed by atoms with van der Waals surface area (Å²) >= 11 is 0. The lowest BCUT2D eigenvalue weighted by Gasteiger charge is -2.24. The van der Waals surface area contributed by atoms with Gasteiger partial charge in [-0.15, -0.1) is 0 Å².